The number of ether oxygens (including phenoxy) is 1. The summed E-state index contributed by atoms with van der Waals surface area (Å²) in [6, 6.07) is 6.08. The molecule has 0 radical (unpaired) electrons. The number of rotatable bonds is 2. The molecule has 0 fully saturated rings. The Kier molecular flexibility index (Phi) is 2.04. The molecule has 3 N–H and O–H groups in total. The third-order valence-electron chi connectivity index (χ3n) is 1.83. The van der Waals surface area contributed by atoms with E-state index in [4.69, 9.17) is 10.5 Å². The van der Waals surface area contributed by atoms with Crippen LogP contribution < -0.4 is 10.5 Å². The van der Waals surface area contributed by atoms with Crippen LogP contribution in [0.1, 0.15) is 13.8 Å². The summed E-state index contributed by atoms with van der Waals surface area (Å²) in [7, 11) is 0. The summed E-state index contributed by atoms with van der Waals surface area (Å²) >= 11 is 0. The van der Waals surface area contributed by atoms with Gasteiger partial charge < -0.3 is 15.5 Å². The van der Waals surface area contributed by atoms with Gasteiger partial charge in [-0.15, -0.1) is 0 Å². The van der Waals surface area contributed by atoms with Gasteiger partial charge in [0.25, 0.3) is 6.01 Å². The van der Waals surface area contributed by atoms with Crippen LogP contribution in [-0.2, 0) is 0 Å². The number of hydrogen-bond donors (Lipinski definition) is 2. The highest BCUT2D eigenvalue weighted by molar-refractivity contribution is 5.79. The average Bonchev–Trinajstić information content (AvgIpc) is 2.44. The lowest BCUT2D eigenvalue weighted by Gasteiger charge is -2.03. The van der Waals surface area contributed by atoms with Crippen molar-refractivity contribution < 1.29 is 4.74 Å². The maximum absolute atomic E-state index is 5.65. The highest BCUT2D eigenvalue weighted by atomic mass is 16.5. The first-order valence-electron chi connectivity index (χ1n) is 4.57. The first kappa shape index (κ1) is 8.87. The summed E-state index contributed by atoms with van der Waals surface area (Å²) in [6.07, 6.45) is 0.118. The van der Waals surface area contributed by atoms with Gasteiger partial charge in [-0.1, -0.05) is 0 Å². The fraction of sp³-hybridized carbons (Fsp3) is 0.300. The molecule has 4 nitrogen and oxygen atoms in total. The SMILES string of the molecule is CC(C)Oc1nc2ccc(N)cc2[nH]1. The van der Waals surface area contributed by atoms with Gasteiger partial charge in [0.05, 0.1) is 17.1 Å². The zero-order valence-electron chi connectivity index (χ0n) is 8.24. The lowest BCUT2D eigenvalue weighted by Crippen LogP contribution is -2.06. The highest BCUT2D eigenvalue weighted by Crippen LogP contribution is 2.18. The van der Waals surface area contributed by atoms with Crippen LogP contribution in [0.2, 0.25) is 0 Å². The van der Waals surface area contributed by atoms with Crippen molar-refractivity contribution >= 4 is 16.7 Å². The van der Waals surface area contributed by atoms with Crippen LogP contribution in [0.15, 0.2) is 18.2 Å². The van der Waals surface area contributed by atoms with E-state index in [1.165, 1.54) is 0 Å². The van der Waals surface area contributed by atoms with Crippen molar-refractivity contribution in [2.75, 3.05) is 5.73 Å². The van der Waals surface area contributed by atoms with E-state index in [0.717, 1.165) is 16.7 Å². The largest absolute Gasteiger partial charge is 0.462 e. The van der Waals surface area contributed by atoms with Crippen molar-refractivity contribution in [1.29, 1.82) is 0 Å². The Morgan fingerprint density at radius 3 is 2.93 bits per heavy atom. The van der Waals surface area contributed by atoms with Crippen molar-refractivity contribution in [3.63, 3.8) is 0 Å². The molecule has 2 aromatic rings. The fourth-order valence-corrected chi connectivity index (χ4v) is 1.28. The first-order chi connectivity index (χ1) is 6.65. The van der Waals surface area contributed by atoms with Gasteiger partial charge in [0, 0.05) is 5.69 Å². The van der Waals surface area contributed by atoms with Gasteiger partial charge >= 0.3 is 0 Å². The van der Waals surface area contributed by atoms with E-state index in [1.807, 2.05) is 32.0 Å². The fourth-order valence-electron chi connectivity index (χ4n) is 1.28. The lowest BCUT2D eigenvalue weighted by molar-refractivity contribution is 0.225. The molecule has 0 bridgehead atoms. The molecular weight excluding hydrogens is 178 g/mol. The van der Waals surface area contributed by atoms with Crippen molar-refractivity contribution in [1.82, 2.24) is 9.97 Å². The van der Waals surface area contributed by atoms with E-state index in [0.29, 0.717) is 6.01 Å². The van der Waals surface area contributed by atoms with E-state index in [2.05, 4.69) is 9.97 Å². The number of aromatic nitrogens is 2. The molecule has 1 aromatic heterocycles. The van der Waals surface area contributed by atoms with Crippen LogP contribution in [0.3, 0.4) is 0 Å². The van der Waals surface area contributed by atoms with Crippen LogP contribution in [0.25, 0.3) is 11.0 Å². The third-order valence-corrected chi connectivity index (χ3v) is 1.83. The summed E-state index contributed by atoms with van der Waals surface area (Å²) in [4.78, 5) is 7.32. The number of nitrogens with two attached hydrogens (primary N) is 1. The van der Waals surface area contributed by atoms with Crippen LogP contribution in [0.5, 0.6) is 6.01 Å². The van der Waals surface area contributed by atoms with Gasteiger partial charge in [0.15, 0.2) is 0 Å². The predicted octanol–water partition coefficient (Wildman–Crippen LogP) is 1.93. The second kappa shape index (κ2) is 3.21. The number of benzene rings is 1. The summed E-state index contributed by atoms with van der Waals surface area (Å²) in [5.41, 5.74) is 8.14. The second-order valence-electron chi connectivity index (χ2n) is 3.49. The Labute approximate surface area is 82.1 Å². The minimum absolute atomic E-state index is 0.118. The normalized spacial score (nSPS) is 11.1. The van der Waals surface area contributed by atoms with Crippen molar-refractivity contribution in [2.45, 2.75) is 20.0 Å². The summed E-state index contributed by atoms with van der Waals surface area (Å²) in [5.74, 6) is 0. The Hall–Kier alpha value is -1.71. The number of nitrogens with zero attached hydrogens (tertiary/aromatic N) is 1. The maximum Gasteiger partial charge on any atom is 0.294 e. The molecule has 1 aromatic carbocycles. The number of fused-ring (bicyclic) bond motifs is 1. The van der Waals surface area contributed by atoms with Crippen LogP contribution in [0, 0.1) is 0 Å². The van der Waals surface area contributed by atoms with E-state index in [1.54, 1.807) is 0 Å². The standard InChI is InChI=1S/C10H13N3O/c1-6(2)14-10-12-8-4-3-7(11)5-9(8)13-10/h3-6H,11H2,1-2H3,(H,12,13). The average molecular weight is 191 g/mol. The molecule has 1 heterocycles. The molecule has 74 valence electrons. The molecule has 0 aliphatic heterocycles. The maximum atomic E-state index is 5.65. The van der Waals surface area contributed by atoms with Gasteiger partial charge in [0.1, 0.15) is 0 Å². The minimum Gasteiger partial charge on any atom is -0.462 e. The molecule has 0 saturated heterocycles. The lowest BCUT2D eigenvalue weighted by atomic mass is 10.3. The first-order valence-corrected chi connectivity index (χ1v) is 4.57. The molecule has 0 atom stereocenters. The minimum atomic E-state index is 0.118. The smallest absolute Gasteiger partial charge is 0.294 e. The predicted molar refractivity (Wildman–Crippen MR) is 56.3 cm³/mol. The molecule has 0 unspecified atom stereocenters. The van der Waals surface area contributed by atoms with E-state index >= 15 is 0 Å². The van der Waals surface area contributed by atoms with E-state index in [9.17, 15) is 0 Å². The Morgan fingerprint density at radius 2 is 2.21 bits per heavy atom. The number of anilines is 1. The van der Waals surface area contributed by atoms with Crippen molar-refractivity contribution in [2.24, 2.45) is 0 Å². The number of imidazole rings is 1. The number of hydrogen-bond acceptors (Lipinski definition) is 3. The molecule has 4 heteroatoms. The molecular formula is C10H13N3O. The zero-order chi connectivity index (χ0) is 10.1. The van der Waals surface area contributed by atoms with Crippen molar-refractivity contribution in [3.05, 3.63) is 18.2 Å². The van der Waals surface area contributed by atoms with Gasteiger partial charge in [-0.2, -0.15) is 4.98 Å². The number of H-pyrrole nitrogens is 1. The van der Waals surface area contributed by atoms with E-state index in [-0.39, 0.29) is 6.10 Å². The molecule has 0 aliphatic rings. The zero-order valence-corrected chi connectivity index (χ0v) is 8.24. The summed E-state index contributed by atoms with van der Waals surface area (Å²) in [5, 5.41) is 0. The van der Waals surface area contributed by atoms with Crippen LogP contribution in [0.4, 0.5) is 5.69 Å². The molecule has 0 saturated carbocycles. The molecule has 0 aliphatic carbocycles. The van der Waals surface area contributed by atoms with Gasteiger partial charge in [-0.25, -0.2) is 0 Å². The highest BCUT2D eigenvalue weighted by Gasteiger charge is 2.04. The monoisotopic (exact) mass is 191 g/mol. The van der Waals surface area contributed by atoms with Crippen LogP contribution in [-0.4, -0.2) is 16.1 Å². The van der Waals surface area contributed by atoms with E-state index < -0.39 is 0 Å². The summed E-state index contributed by atoms with van der Waals surface area (Å²) < 4.78 is 5.43. The summed E-state index contributed by atoms with van der Waals surface area (Å²) in [6.45, 7) is 3.92. The quantitative estimate of drug-likeness (QED) is 0.713. The Bertz CT molecular complexity index is 448. The molecule has 0 amide bonds. The van der Waals surface area contributed by atoms with Gasteiger partial charge in [-0.05, 0) is 32.0 Å². The number of nitrogens with one attached hydrogen (secondary N) is 1. The Balaban J connectivity index is 2.41. The number of aromatic amines is 1. The number of nitrogen functional groups attached to an aromatic ring is 1. The Morgan fingerprint density at radius 1 is 1.43 bits per heavy atom. The second-order valence-corrected chi connectivity index (χ2v) is 3.49. The van der Waals surface area contributed by atoms with Crippen LogP contribution >= 0.6 is 0 Å². The topological polar surface area (TPSA) is 63.9 Å². The molecule has 14 heavy (non-hydrogen) atoms. The van der Waals surface area contributed by atoms with Crippen molar-refractivity contribution in [3.8, 4) is 6.01 Å². The molecule has 2 rings (SSSR count). The van der Waals surface area contributed by atoms with Gasteiger partial charge in [-0.3, -0.25) is 0 Å². The third kappa shape index (κ3) is 1.64. The van der Waals surface area contributed by atoms with Gasteiger partial charge in [0.2, 0.25) is 0 Å². The molecule has 0 spiro atoms.